The van der Waals surface area contributed by atoms with Crippen molar-refractivity contribution in [1.82, 2.24) is 29.7 Å². The third kappa shape index (κ3) is 2.71. The van der Waals surface area contributed by atoms with E-state index < -0.39 is 0 Å². The molecular weight excluding hydrogens is 376 g/mol. The third-order valence-corrected chi connectivity index (χ3v) is 7.61. The minimum atomic E-state index is -0.0300. The highest BCUT2D eigenvalue weighted by Gasteiger charge is 2.51. The van der Waals surface area contributed by atoms with Crippen LogP contribution in [-0.2, 0) is 6.54 Å². The minimum absolute atomic E-state index is 0.0173. The first-order valence-corrected chi connectivity index (χ1v) is 11.2. The Labute approximate surface area is 175 Å². The van der Waals surface area contributed by atoms with Gasteiger partial charge >= 0.3 is 0 Å². The van der Waals surface area contributed by atoms with Crippen molar-refractivity contribution in [3.05, 3.63) is 35.9 Å². The van der Waals surface area contributed by atoms with Crippen molar-refractivity contribution in [2.45, 2.75) is 64.5 Å². The second kappa shape index (κ2) is 6.40. The molecular formula is C23H28N6O. The molecule has 4 fully saturated rings. The van der Waals surface area contributed by atoms with Crippen LogP contribution in [0.5, 0.6) is 0 Å². The maximum atomic E-state index is 13.3. The van der Waals surface area contributed by atoms with E-state index in [2.05, 4.69) is 27.4 Å². The van der Waals surface area contributed by atoms with E-state index in [9.17, 15) is 4.79 Å². The van der Waals surface area contributed by atoms with Crippen molar-refractivity contribution >= 4 is 11.6 Å². The van der Waals surface area contributed by atoms with Crippen molar-refractivity contribution < 1.29 is 4.79 Å². The molecule has 3 aromatic heterocycles. The summed E-state index contributed by atoms with van der Waals surface area (Å²) in [6.45, 7) is 4.88. The van der Waals surface area contributed by atoms with Crippen LogP contribution in [-0.4, -0.2) is 35.8 Å². The van der Waals surface area contributed by atoms with Crippen LogP contribution in [0.2, 0.25) is 0 Å². The van der Waals surface area contributed by atoms with Gasteiger partial charge in [0.05, 0.1) is 17.6 Å². The molecule has 0 radical (unpaired) electrons. The van der Waals surface area contributed by atoms with Gasteiger partial charge in [-0.1, -0.05) is 0 Å². The maximum absolute atomic E-state index is 13.3. The average molecular weight is 405 g/mol. The zero-order valence-corrected chi connectivity index (χ0v) is 17.6. The third-order valence-electron chi connectivity index (χ3n) is 7.61. The normalized spacial score (nSPS) is 29.6. The van der Waals surface area contributed by atoms with E-state index in [1.165, 1.54) is 19.3 Å². The highest BCUT2D eigenvalue weighted by atomic mass is 16.1. The van der Waals surface area contributed by atoms with E-state index in [-0.39, 0.29) is 11.4 Å². The summed E-state index contributed by atoms with van der Waals surface area (Å²) in [5, 5.41) is 12.5. The molecule has 0 atom stereocenters. The lowest BCUT2D eigenvalue weighted by atomic mass is 9.53. The Kier molecular flexibility index (Phi) is 3.86. The summed E-state index contributed by atoms with van der Waals surface area (Å²) in [6, 6.07) is 1.94. The van der Waals surface area contributed by atoms with Gasteiger partial charge in [0, 0.05) is 30.0 Å². The number of aromatic nitrogens is 5. The molecule has 4 bridgehead atoms. The van der Waals surface area contributed by atoms with Crippen LogP contribution in [0.15, 0.2) is 24.7 Å². The quantitative estimate of drug-likeness (QED) is 0.720. The van der Waals surface area contributed by atoms with Gasteiger partial charge in [-0.15, -0.1) is 0 Å². The molecule has 1 N–H and O–H groups in total. The van der Waals surface area contributed by atoms with Gasteiger partial charge in [0.15, 0.2) is 5.65 Å². The smallest absolute Gasteiger partial charge is 0.257 e. The fourth-order valence-corrected chi connectivity index (χ4v) is 6.76. The van der Waals surface area contributed by atoms with E-state index in [1.807, 2.05) is 23.9 Å². The van der Waals surface area contributed by atoms with Crippen molar-refractivity contribution in [2.75, 3.05) is 0 Å². The van der Waals surface area contributed by atoms with Gasteiger partial charge < -0.3 is 5.32 Å². The Morgan fingerprint density at radius 1 is 1.20 bits per heavy atom. The summed E-state index contributed by atoms with van der Waals surface area (Å²) in [4.78, 5) is 17.9. The molecule has 3 aromatic rings. The molecule has 1 amide bonds. The lowest BCUT2D eigenvalue weighted by molar-refractivity contribution is -0.0166. The highest BCUT2D eigenvalue weighted by molar-refractivity contribution is 6.00. The second-order valence-electron chi connectivity index (χ2n) is 9.76. The fraction of sp³-hybridized carbons (Fsp3) is 0.565. The first-order chi connectivity index (χ1) is 14.5. The van der Waals surface area contributed by atoms with Crippen molar-refractivity contribution in [3.8, 4) is 11.3 Å². The Balaban J connectivity index is 1.34. The van der Waals surface area contributed by atoms with Crippen LogP contribution in [0.1, 0.15) is 61.5 Å². The number of hydrogen-bond acceptors (Lipinski definition) is 4. The number of nitrogens with zero attached hydrogens (tertiary/aromatic N) is 5. The molecule has 0 spiro atoms. The van der Waals surface area contributed by atoms with Crippen LogP contribution in [0.4, 0.5) is 0 Å². The van der Waals surface area contributed by atoms with E-state index in [0.717, 1.165) is 60.5 Å². The lowest BCUT2D eigenvalue weighted by Gasteiger charge is -2.56. The summed E-state index contributed by atoms with van der Waals surface area (Å²) >= 11 is 0. The summed E-state index contributed by atoms with van der Waals surface area (Å²) in [6.07, 6.45) is 13.0. The number of amides is 1. The van der Waals surface area contributed by atoms with Crippen LogP contribution in [0.25, 0.3) is 16.9 Å². The molecule has 4 aliphatic rings. The topological polar surface area (TPSA) is 77.1 Å². The van der Waals surface area contributed by atoms with Gasteiger partial charge in [-0.05, 0) is 76.2 Å². The van der Waals surface area contributed by atoms with Gasteiger partial charge in [0.25, 0.3) is 5.91 Å². The van der Waals surface area contributed by atoms with Crippen molar-refractivity contribution in [2.24, 2.45) is 17.8 Å². The Bertz CT molecular complexity index is 1110. The molecule has 0 aromatic carbocycles. The number of fused-ring (bicyclic) bond motifs is 1. The number of rotatable bonds is 4. The van der Waals surface area contributed by atoms with Crippen molar-refractivity contribution in [1.29, 1.82) is 0 Å². The van der Waals surface area contributed by atoms with Gasteiger partial charge in [-0.25, -0.2) is 9.50 Å². The number of hydrogen-bond donors (Lipinski definition) is 1. The maximum Gasteiger partial charge on any atom is 0.257 e. The predicted octanol–water partition coefficient (Wildman–Crippen LogP) is 3.62. The zero-order valence-electron chi connectivity index (χ0n) is 17.6. The molecule has 7 nitrogen and oxygen atoms in total. The Morgan fingerprint density at radius 2 is 1.90 bits per heavy atom. The van der Waals surface area contributed by atoms with Crippen LogP contribution in [0.3, 0.4) is 0 Å². The molecule has 0 aliphatic heterocycles. The molecule has 7 heteroatoms. The molecule has 30 heavy (non-hydrogen) atoms. The summed E-state index contributed by atoms with van der Waals surface area (Å²) in [5.74, 6) is 2.35. The fourth-order valence-electron chi connectivity index (χ4n) is 6.76. The standard InChI is InChI=1S/C23H28N6O/c1-3-28-13-19(14(2)27-28)20-4-5-24-21-18(12-25-29(20)21)22(30)26-23-9-15-6-16(10-23)8-17(7-15)11-23/h4-5,12-13,15-17H,3,6-11H2,1-2H3,(H,26,30). The average Bonchev–Trinajstić information content (AvgIpc) is 3.29. The molecule has 156 valence electrons. The summed E-state index contributed by atoms with van der Waals surface area (Å²) in [7, 11) is 0. The zero-order chi connectivity index (χ0) is 20.5. The lowest BCUT2D eigenvalue weighted by Crippen LogP contribution is -2.59. The molecule has 4 saturated carbocycles. The van der Waals surface area contributed by atoms with Crippen molar-refractivity contribution in [3.63, 3.8) is 0 Å². The highest BCUT2D eigenvalue weighted by Crippen LogP contribution is 2.55. The van der Waals surface area contributed by atoms with E-state index in [0.29, 0.717) is 11.2 Å². The number of nitrogens with one attached hydrogen (secondary N) is 1. The first kappa shape index (κ1) is 18.1. The van der Waals surface area contributed by atoms with Crippen LogP contribution >= 0.6 is 0 Å². The molecule has 0 saturated heterocycles. The van der Waals surface area contributed by atoms with Crippen LogP contribution in [0, 0.1) is 24.7 Å². The number of carbonyl (C=O) groups is 1. The van der Waals surface area contributed by atoms with Gasteiger partial charge in [0.2, 0.25) is 0 Å². The number of aryl methyl sites for hydroxylation is 2. The predicted molar refractivity (Wildman–Crippen MR) is 113 cm³/mol. The molecule has 4 aliphatic carbocycles. The van der Waals surface area contributed by atoms with E-state index in [1.54, 1.807) is 16.9 Å². The minimum Gasteiger partial charge on any atom is -0.346 e. The largest absolute Gasteiger partial charge is 0.346 e. The first-order valence-electron chi connectivity index (χ1n) is 11.2. The van der Waals surface area contributed by atoms with E-state index >= 15 is 0 Å². The molecule has 7 rings (SSSR count). The Hall–Kier alpha value is -2.70. The monoisotopic (exact) mass is 404 g/mol. The Morgan fingerprint density at radius 3 is 2.53 bits per heavy atom. The van der Waals surface area contributed by atoms with Gasteiger partial charge in [0.1, 0.15) is 5.56 Å². The van der Waals surface area contributed by atoms with Gasteiger partial charge in [-0.3, -0.25) is 9.48 Å². The molecule has 3 heterocycles. The van der Waals surface area contributed by atoms with Crippen LogP contribution < -0.4 is 5.32 Å². The second-order valence-corrected chi connectivity index (χ2v) is 9.76. The van der Waals surface area contributed by atoms with Gasteiger partial charge in [-0.2, -0.15) is 10.2 Å². The summed E-state index contributed by atoms with van der Waals surface area (Å²) < 4.78 is 3.69. The SMILES string of the molecule is CCn1cc(-c2ccnc3c(C(=O)NC45CC6CC(CC(C6)C4)C5)cnn23)c(C)n1. The molecule has 0 unspecified atom stereocenters. The summed E-state index contributed by atoms with van der Waals surface area (Å²) in [5.41, 5.74) is 4.02. The van der Waals surface area contributed by atoms with E-state index in [4.69, 9.17) is 0 Å². The number of carbonyl (C=O) groups excluding carboxylic acids is 1.